The van der Waals surface area contributed by atoms with Crippen LogP contribution in [0.5, 0.6) is 0 Å². The van der Waals surface area contributed by atoms with Crippen LogP contribution in [0, 0.1) is 6.92 Å². The zero-order valence-corrected chi connectivity index (χ0v) is 15.1. The average molecular weight is 331 g/mol. The summed E-state index contributed by atoms with van der Waals surface area (Å²) in [5.74, 6) is 0.303. The fraction of sp³-hybridized carbons (Fsp3) is 0.368. The van der Waals surface area contributed by atoms with Gasteiger partial charge in [-0.2, -0.15) is 0 Å². The first-order chi connectivity index (χ1) is 10.9. The number of para-hydroxylation sites is 1. The summed E-state index contributed by atoms with van der Waals surface area (Å²) in [4.78, 5) is 0.295. The standard InChI is InChI=1S/C19H25NO2S/c1-5-15(4)18-9-7-8-16(6-2)19(18)20-23(21,22)17-12-10-14(3)11-13-17/h7-13,15,20H,5-6H2,1-4H3. The van der Waals surface area contributed by atoms with Crippen molar-refractivity contribution in [1.82, 2.24) is 0 Å². The van der Waals surface area contributed by atoms with Crippen molar-refractivity contribution in [2.45, 2.75) is 51.3 Å². The topological polar surface area (TPSA) is 46.2 Å². The Labute approximate surface area is 139 Å². The number of nitrogens with one attached hydrogen (secondary N) is 1. The van der Waals surface area contributed by atoms with Crippen LogP contribution >= 0.6 is 0 Å². The van der Waals surface area contributed by atoms with Gasteiger partial charge in [0.25, 0.3) is 10.0 Å². The number of anilines is 1. The number of aryl methyl sites for hydroxylation is 2. The first-order valence-electron chi connectivity index (χ1n) is 8.10. The van der Waals surface area contributed by atoms with Gasteiger partial charge < -0.3 is 0 Å². The van der Waals surface area contributed by atoms with Crippen LogP contribution in [0.15, 0.2) is 47.4 Å². The molecule has 1 atom stereocenters. The zero-order chi connectivity index (χ0) is 17.0. The Morgan fingerprint density at radius 1 is 1.04 bits per heavy atom. The molecule has 2 aromatic rings. The zero-order valence-electron chi connectivity index (χ0n) is 14.3. The maximum Gasteiger partial charge on any atom is 0.261 e. The lowest BCUT2D eigenvalue weighted by molar-refractivity contribution is 0.601. The normalized spacial score (nSPS) is 12.9. The van der Waals surface area contributed by atoms with Crippen LogP contribution in [0.25, 0.3) is 0 Å². The predicted octanol–water partition coefficient (Wildman–Crippen LogP) is 4.87. The van der Waals surface area contributed by atoms with Crippen LogP contribution in [0.3, 0.4) is 0 Å². The van der Waals surface area contributed by atoms with E-state index in [-0.39, 0.29) is 0 Å². The van der Waals surface area contributed by atoms with Crippen molar-refractivity contribution in [2.75, 3.05) is 4.72 Å². The summed E-state index contributed by atoms with van der Waals surface area (Å²) < 4.78 is 28.3. The molecule has 0 aliphatic carbocycles. The third kappa shape index (κ3) is 3.94. The second-order valence-electron chi connectivity index (χ2n) is 5.96. The van der Waals surface area contributed by atoms with Crippen molar-refractivity contribution in [1.29, 1.82) is 0 Å². The lowest BCUT2D eigenvalue weighted by Crippen LogP contribution is -2.16. The van der Waals surface area contributed by atoms with Crippen molar-refractivity contribution in [3.05, 3.63) is 59.2 Å². The highest BCUT2D eigenvalue weighted by Crippen LogP contribution is 2.32. The summed E-state index contributed by atoms with van der Waals surface area (Å²) in [5.41, 5.74) is 3.86. The highest BCUT2D eigenvalue weighted by atomic mass is 32.2. The minimum absolute atomic E-state index is 0.295. The molecule has 0 saturated carbocycles. The molecule has 0 amide bonds. The van der Waals surface area contributed by atoms with Crippen molar-refractivity contribution < 1.29 is 8.42 Å². The molecule has 2 aromatic carbocycles. The number of hydrogen-bond donors (Lipinski definition) is 1. The van der Waals surface area contributed by atoms with Crippen LogP contribution in [-0.4, -0.2) is 8.42 Å². The minimum Gasteiger partial charge on any atom is -0.279 e. The van der Waals surface area contributed by atoms with Gasteiger partial charge >= 0.3 is 0 Å². The summed E-state index contributed by atoms with van der Waals surface area (Å²) in [6.45, 7) is 8.22. The quantitative estimate of drug-likeness (QED) is 0.820. The summed E-state index contributed by atoms with van der Waals surface area (Å²) in [6.07, 6.45) is 1.75. The highest BCUT2D eigenvalue weighted by Gasteiger charge is 2.19. The monoisotopic (exact) mass is 331 g/mol. The molecule has 1 N–H and O–H groups in total. The van der Waals surface area contributed by atoms with Crippen LogP contribution in [0.2, 0.25) is 0 Å². The molecule has 0 aliphatic heterocycles. The van der Waals surface area contributed by atoms with Gasteiger partial charge in [-0.15, -0.1) is 0 Å². The third-order valence-electron chi connectivity index (χ3n) is 4.27. The summed E-state index contributed by atoms with van der Waals surface area (Å²) in [7, 11) is -3.58. The lowest BCUT2D eigenvalue weighted by atomic mass is 9.94. The van der Waals surface area contributed by atoms with Gasteiger partial charge in [0.05, 0.1) is 10.6 Å². The number of hydrogen-bond acceptors (Lipinski definition) is 2. The van der Waals surface area contributed by atoms with E-state index in [1.54, 1.807) is 12.1 Å². The predicted molar refractivity (Wildman–Crippen MR) is 96.5 cm³/mol. The van der Waals surface area contributed by atoms with Crippen LogP contribution in [-0.2, 0) is 16.4 Å². The second-order valence-corrected chi connectivity index (χ2v) is 7.65. The van der Waals surface area contributed by atoms with Gasteiger partial charge in [-0.25, -0.2) is 8.42 Å². The number of sulfonamides is 1. The van der Waals surface area contributed by atoms with Gasteiger partial charge in [0.15, 0.2) is 0 Å². The molecule has 0 aromatic heterocycles. The van der Waals surface area contributed by atoms with E-state index >= 15 is 0 Å². The summed E-state index contributed by atoms with van der Waals surface area (Å²) in [6, 6.07) is 12.9. The van der Waals surface area contributed by atoms with Crippen molar-refractivity contribution in [3.63, 3.8) is 0 Å². The van der Waals surface area contributed by atoms with Crippen molar-refractivity contribution in [2.24, 2.45) is 0 Å². The molecule has 0 heterocycles. The first kappa shape index (κ1) is 17.5. The molecule has 0 fully saturated rings. The highest BCUT2D eigenvalue weighted by molar-refractivity contribution is 7.92. The molecule has 0 bridgehead atoms. The van der Waals surface area contributed by atoms with E-state index in [4.69, 9.17) is 0 Å². The first-order valence-corrected chi connectivity index (χ1v) is 9.58. The summed E-state index contributed by atoms with van der Waals surface area (Å²) in [5, 5.41) is 0. The van der Waals surface area contributed by atoms with Gasteiger partial charge in [-0.05, 0) is 48.9 Å². The summed E-state index contributed by atoms with van der Waals surface area (Å²) >= 11 is 0. The van der Waals surface area contributed by atoms with Crippen molar-refractivity contribution >= 4 is 15.7 Å². The SMILES string of the molecule is CCc1cccc(C(C)CC)c1NS(=O)(=O)c1ccc(C)cc1. The minimum atomic E-state index is -3.58. The van der Waals surface area contributed by atoms with E-state index in [9.17, 15) is 8.42 Å². The van der Waals surface area contributed by atoms with Gasteiger partial charge in [0.2, 0.25) is 0 Å². The Balaban J connectivity index is 2.47. The molecular weight excluding hydrogens is 306 g/mol. The van der Waals surface area contributed by atoms with Gasteiger partial charge in [-0.1, -0.05) is 56.7 Å². The third-order valence-corrected chi connectivity index (χ3v) is 5.64. The van der Waals surface area contributed by atoms with E-state index in [1.807, 2.05) is 44.2 Å². The van der Waals surface area contributed by atoms with Crippen molar-refractivity contribution in [3.8, 4) is 0 Å². The molecule has 0 spiro atoms. The molecule has 4 heteroatoms. The maximum atomic E-state index is 12.7. The van der Waals surface area contributed by atoms with Gasteiger partial charge in [0.1, 0.15) is 0 Å². The fourth-order valence-electron chi connectivity index (χ4n) is 2.58. The molecule has 23 heavy (non-hydrogen) atoms. The molecule has 0 saturated heterocycles. The molecule has 2 rings (SSSR count). The van der Waals surface area contributed by atoms with E-state index in [1.165, 1.54) is 0 Å². The van der Waals surface area contributed by atoms with E-state index in [2.05, 4.69) is 18.6 Å². The largest absolute Gasteiger partial charge is 0.279 e. The van der Waals surface area contributed by atoms with E-state index in [0.717, 1.165) is 35.2 Å². The Hall–Kier alpha value is -1.81. The van der Waals surface area contributed by atoms with E-state index in [0.29, 0.717) is 10.8 Å². The van der Waals surface area contributed by atoms with Crippen LogP contribution in [0.1, 0.15) is 49.8 Å². The molecule has 124 valence electrons. The lowest BCUT2D eigenvalue weighted by Gasteiger charge is -2.20. The molecule has 1 unspecified atom stereocenters. The second kappa shape index (κ2) is 7.18. The number of benzene rings is 2. The Morgan fingerprint density at radius 3 is 2.26 bits per heavy atom. The van der Waals surface area contributed by atoms with Crippen LogP contribution in [0.4, 0.5) is 5.69 Å². The number of rotatable bonds is 6. The smallest absolute Gasteiger partial charge is 0.261 e. The maximum absolute atomic E-state index is 12.7. The fourth-order valence-corrected chi connectivity index (χ4v) is 3.71. The molecule has 3 nitrogen and oxygen atoms in total. The molecule has 0 radical (unpaired) electrons. The van der Waals surface area contributed by atoms with E-state index < -0.39 is 10.0 Å². The Bertz CT molecular complexity index is 764. The molecule has 0 aliphatic rings. The Kier molecular flexibility index (Phi) is 5.47. The van der Waals surface area contributed by atoms with Crippen LogP contribution < -0.4 is 4.72 Å². The molecular formula is C19H25NO2S. The van der Waals surface area contributed by atoms with Gasteiger partial charge in [0, 0.05) is 0 Å². The Morgan fingerprint density at radius 2 is 1.70 bits per heavy atom. The average Bonchev–Trinajstić information content (AvgIpc) is 2.54. The van der Waals surface area contributed by atoms with Gasteiger partial charge in [-0.3, -0.25) is 4.72 Å².